The Morgan fingerprint density at radius 3 is 3.10 bits per heavy atom. The van der Waals surface area contributed by atoms with Crippen LogP contribution in [0.4, 0.5) is 11.4 Å². The van der Waals surface area contributed by atoms with Gasteiger partial charge in [0.15, 0.2) is 0 Å². The first kappa shape index (κ1) is 13.2. The number of benzene rings is 1. The zero-order chi connectivity index (χ0) is 13.9. The van der Waals surface area contributed by atoms with Crippen LogP contribution in [0.15, 0.2) is 24.4 Å². The molecule has 4 nitrogen and oxygen atoms in total. The molecule has 3 rings (SSSR count). The number of ether oxygens (including phenoxy) is 1. The van der Waals surface area contributed by atoms with Gasteiger partial charge in [0.2, 0.25) is 0 Å². The van der Waals surface area contributed by atoms with Crippen LogP contribution in [0, 0.1) is 12.8 Å². The van der Waals surface area contributed by atoms with Gasteiger partial charge in [0.05, 0.1) is 0 Å². The molecule has 1 unspecified atom stereocenters. The maximum absolute atomic E-state index is 6.02. The van der Waals surface area contributed by atoms with E-state index in [2.05, 4.69) is 22.4 Å². The van der Waals surface area contributed by atoms with E-state index in [0.29, 0.717) is 5.92 Å². The third kappa shape index (κ3) is 2.70. The normalized spacial score (nSPS) is 18.6. The summed E-state index contributed by atoms with van der Waals surface area (Å²) in [6.07, 6.45) is 4.19. The van der Waals surface area contributed by atoms with Crippen LogP contribution in [0.3, 0.4) is 0 Å². The maximum Gasteiger partial charge on any atom is 0.0495 e. The molecule has 1 saturated heterocycles. The number of nitrogens with zero attached hydrogens (tertiary/aromatic N) is 1. The highest BCUT2D eigenvalue weighted by molar-refractivity contribution is 6.00. The van der Waals surface area contributed by atoms with E-state index in [0.717, 1.165) is 54.0 Å². The van der Waals surface area contributed by atoms with Crippen molar-refractivity contribution in [2.24, 2.45) is 5.92 Å². The largest absolute Gasteiger partial charge is 0.398 e. The molecule has 1 atom stereocenters. The third-order valence-corrected chi connectivity index (χ3v) is 3.96. The summed E-state index contributed by atoms with van der Waals surface area (Å²) in [6.45, 7) is 4.80. The molecular formula is C16H21N3O. The Morgan fingerprint density at radius 1 is 1.40 bits per heavy atom. The van der Waals surface area contributed by atoms with E-state index in [4.69, 9.17) is 10.5 Å². The van der Waals surface area contributed by atoms with Crippen LogP contribution >= 0.6 is 0 Å². The number of pyridine rings is 1. The number of aromatic nitrogens is 1. The molecule has 0 spiro atoms. The van der Waals surface area contributed by atoms with Crippen molar-refractivity contribution in [3.63, 3.8) is 0 Å². The molecule has 1 aliphatic rings. The van der Waals surface area contributed by atoms with Crippen LogP contribution < -0.4 is 11.1 Å². The van der Waals surface area contributed by atoms with E-state index in [1.54, 1.807) is 0 Å². The second kappa shape index (κ2) is 5.67. The van der Waals surface area contributed by atoms with Crippen molar-refractivity contribution in [1.82, 2.24) is 4.98 Å². The summed E-state index contributed by atoms with van der Waals surface area (Å²) in [5.41, 5.74) is 8.95. The van der Waals surface area contributed by atoms with Crippen molar-refractivity contribution in [2.75, 3.05) is 30.8 Å². The van der Waals surface area contributed by atoms with Crippen molar-refractivity contribution in [3.8, 4) is 0 Å². The molecule has 3 N–H and O–H groups in total. The van der Waals surface area contributed by atoms with Crippen LogP contribution in [-0.4, -0.2) is 24.7 Å². The molecule has 2 aromatic rings. The fourth-order valence-corrected chi connectivity index (χ4v) is 2.74. The minimum atomic E-state index is 0.700. The van der Waals surface area contributed by atoms with Crippen molar-refractivity contribution in [1.29, 1.82) is 0 Å². The van der Waals surface area contributed by atoms with Crippen LogP contribution in [0.1, 0.15) is 18.5 Å². The Morgan fingerprint density at radius 2 is 2.30 bits per heavy atom. The lowest BCUT2D eigenvalue weighted by atomic mass is 10.0. The zero-order valence-electron chi connectivity index (χ0n) is 11.9. The van der Waals surface area contributed by atoms with E-state index >= 15 is 0 Å². The molecule has 0 amide bonds. The number of rotatable bonds is 4. The van der Waals surface area contributed by atoms with Crippen LogP contribution in [-0.2, 0) is 4.74 Å². The molecule has 0 saturated carbocycles. The van der Waals surface area contributed by atoms with Gasteiger partial charge < -0.3 is 15.8 Å². The van der Waals surface area contributed by atoms with Crippen molar-refractivity contribution in [2.45, 2.75) is 19.8 Å². The second-order valence-corrected chi connectivity index (χ2v) is 5.52. The van der Waals surface area contributed by atoms with Gasteiger partial charge in [-0.25, -0.2) is 0 Å². The molecule has 2 heterocycles. The quantitative estimate of drug-likeness (QED) is 0.839. The summed E-state index contributed by atoms with van der Waals surface area (Å²) in [4.78, 5) is 4.33. The average Bonchev–Trinajstić information content (AvgIpc) is 2.94. The number of fused-ring (bicyclic) bond motifs is 1. The number of hydrogen-bond acceptors (Lipinski definition) is 4. The highest BCUT2D eigenvalue weighted by atomic mass is 16.5. The Kier molecular flexibility index (Phi) is 3.74. The molecular weight excluding hydrogens is 250 g/mol. The van der Waals surface area contributed by atoms with Crippen molar-refractivity contribution >= 4 is 22.1 Å². The third-order valence-electron chi connectivity index (χ3n) is 3.96. The fraction of sp³-hybridized carbons (Fsp3) is 0.438. The molecule has 20 heavy (non-hydrogen) atoms. The van der Waals surface area contributed by atoms with Gasteiger partial charge in [-0.1, -0.05) is 0 Å². The van der Waals surface area contributed by atoms with Crippen molar-refractivity contribution < 1.29 is 4.74 Å². The number of nitrogens with one attached hydrogen (secondary N) is 1. The monoisotopic (exact) mass is 271 g/mol. The molecule has 106 valence electrons. The van der Waals surface area contributed by atoms with Gasteiger partial charge >= 0.3 is 0 Å². The van der Waals surface area contributed by atoms with Crippen LogP contribution in [0.5, 0.6) is 0 Å². The molecule has 1 fully saturated rings. The summed E-state index contributed by atoms with van der Waals surface area (Å²) in [6, 6.07) is 6.09. The van der Waals surface area contributed by atoms with Gasteiger partial charge in [-0.3, -0.25) is 4.98 Å². The molecule has 4 heteroatoms. The molecule has 1 aromatic heterocycles. The summed E-state index contributed by atoms with van der Waals surface area (Å²) >= 11 is 0. The van der Waals surface area contributed by atoms with Crippen LogP contribution in [0.25, 0.3) is 10.8 Å². The number of hydrogen-bond donors (Lipinski definition) is 2. The van der Waals surface area contributed by atoms with Gasteiger partial charge in [0.1, 0.15) is 0 Å². The SMILES string of the molecule is Cc1cc2c(NCCC3CCOC3)ccc(N)c2cn1. The lowest BCUT2D eigenvalue weighted by molar-refractivity contribution is 0.185. The first-order valence-electron chi connectivity index (χ1n) is 7.20. The maximum atomic E-state index is 6.02. The molecule has 0 bridgehead atoms. The molecule has 1 aliphatic heterocycles. The topological polar surface area (TPSA) is 60.2 Å². The molecule has 1 aromatic carbocycles. The first-order valence-corrected chi connectivity index (χ1v) is 7.20. The minimum Gasteiger partial charge on any atom is -0.398 e. The predicted octanol–water partition coefficient (Wildman–Crippen LogP) is 2.96. The number of anilines is 2. The Hall–Kier alpha value is -1.81. The lowest BCUT2D eigenvalue weighted by Gasteiger charge is -2.13. The van der Waals surface area contributed by atoms with Gasteiger partial charge in [-0.2, -0.15) is 0 Å². The van der Waals surface area contributed by atoms with Gasteiger partial charge in [0.25, 0.3) is 0 Å². The van der Waals surface area contributed by atoms with Gasteiger partial charge in [-0.05, 0) is 43.9 Å². The molecule has 0 radical (unpaired) electrons. The predicted molar refractivity (Wildman–Crippen MR) is 82.9 cm³/mol. The minimum absolute atomic E-state index is 0.700. The Labute approximate surface area is 119 Å². The van der Waals surface area contributed by atoms with Crippen molar-refractivity contribution in [3.05, 3.63) is 30.1 Å². The summed E-state index contributed by atoms with van der Waals surface area (Å²) in [5, 5.41) is 5.70. The lowest BCUT2D eigenvalue weighted by Crippen LogP contribution is -2.09. The first-order chi connectivity index (χ1) is 9.74. The number of nitrogens with two attached hydrogens (primary N) is 1. The standard InChI is InChI=1S/C16H21N3O/c1-11-8-13-14(9-19-11)15(17)2-3-16(13)18-6-4-12-5-7-20-10-12/h2-3,8-9,12,18H,4-7,10,17H2,1H3. The Balaban J connectivity index is 1.76. The smallest absolute Gasteiger partial charge is 0.0495 e. The summed E-state index contributed by atoms with van der Waals surface area (Å²) in [7, 11) is 0. The fourth-order valence-electron chi connectivity index (χ4n) is 2.74. The van der Waals surface area contributed by atoms with Crippen LogP contribution in [0.2, 0.25) is 0 Å². The molecule has 0 aliphatic carbocycles. The highest BCUT2D eigenvalue weighted by Gasteiger charge is 2.15. The highest BCUT2D eigenvalue weighted by Crippen LogP contribution is 2.28. The van der Waals surface area contributed by atoms with E-state index in [-0.39, 0.29) is 0 Å². The Bertz CT molecular complexity index is 606. The zero-order valence-corrected chi connectivity index (χ0v) is 11.9. The second-order valence-electron chi connectivity index (χ2n) is 5.52. The van der Waals surface area contributed by atoms with Gasteiger partial charge in [0, 0.05) is 53.8 Å². The van der Waals surface area contributed by atoms with E-state index in [1.807, 2.05) is 19.2 Å². The summed E-state index contributed by atoms with van der Waals surface area (Å²) in [5.74, 6) is 0.700. The van der Waals surface area contributed by atoms with E-state index in [9.17, 15) is 0 Å². The van der Waals surface area contributed by atoms with E-state index < -0.39 is 0 Å². The summed E-state index contributed by atoms with van der Waals surface area (Å²) < 4.78 is 5.41. The van der Waals surface area contributed by atoms with Gasteiger partial charge in [-0.15, -0.1) is 0 Å². The number of aryl methyl sites for hydroxylation is 1. The van der Waals surface area contributed by atoms with E-state index in [1.165, 1.54) is 6.42 Å². The number of nitrogen functional groups attached to an aromatic ring is 1. The average molecular weight is 271 g/mol.